The van der Waals surface area contributed by atoms with Crippen LogP contribution in [-0.2, 0) is 0 Å². The molecule has 124 valence electrons. The first-order valence-corrected chi connectivity index (χ1v) is 8.38. The van der Waals surface area contributed by atoms with Crippen molar-refractivity contribution in [1.82, 2.24) is 5.32 Å². The number of rotatable bonds is 4. The molecular formula is C18H25N3O2. The van der Waals surface area contributed by atoms with Gasteiger partial charge in [0.15, 0.2) is 0 Å². The molecule has 2 aliphatic rings. The summed E-state index contributed by atoms with van der Waals surface area (Å²) >= 11 is 0. The fourth-order valence-electron chi connectivity index (χ4n) is 3.30. The SMILES string of the molecule is Cc1cc(N2CCCC2)ccc1NC(=O)N[C@@H]1C=C[C@H](CO)C1. The van der Waals surface area contributed by atoms with Gasteiger partial charge in [-0.1, -0.05) is 12.2 Å². The quantitative estimate of drug-likeness (QED) is 0.749. The second-order valence-electron chi connectivity index (χ2n) is 6.46. The normalized spacial score (nSPS) is 23.3. The number of amides is 2. The third-order valence-electron chi connectivity index (χ3n) is 4.65. The van der Waals surface area contributed by atoms with Crippen molar-refractivity contribution >= 4 is 17.4 Å². The predicted molar refractivity (Wildman–Crippen MR) is 92.9 cm³/mol. The van der Waals surface area contributed by atoms with E-state index >= 15 is 0 Å². The standard InChI is InChI=1S/C18H25N3O2/c1-13-10-16(21-8-2-3-9-21)6-7-17(13)20-18(23)19-15-5-4-14(11-15)12-22/h4-7,10,14-15,22H,2-3,8-9,11-12H2,1H3,(H2,19,20,23)/t14-,15+/m0/s1. The molecule has 0 unspecified atom stereocenters. The van der Waals surface area contributed by atoms with Gasteiger partial charge in [-0.3, -0.25) is 0 Å². The number of aryl methyl sites for hydroxylation is 1. The van der Waals surface area contributed by atoms with Crippen LogP contribution in [0.15, 0.2) is 30.4 Å². The van der Waals surface area contributed by atoms with Gasteiger partial charge in [-0.05, 0) is 49.9 Å². The highest BCUT2D eigenvalue weighted by molar-refractivity contribution is 5.90. The van der Waals surface area contributed by atoms with Crippen molar-refractivity contribution in [1.29, 1.82) is 0 Å². The zero-order valence-corrected chi connectivity index (χ0v) is 13.6. The predicted octanol–water partition coefficient (Wildman–Crippen LogP) is 2.65. The summed E-state index contributed by atoms with van der Waals surface area (Å²) in [7, 11) is 0. The van der Waals surface area contributed by atoms with Crippen molar-refractivity contribution in [3.63, 3.8) is 0 Å². The molecule has 0 saturated carbocycles. The first-order valence-electron chi connectivity index (χ1n) is 8.38. The molecular weight excluding hydrogens is 290 g/mol. The summed E-state index contributed by atoms with van der Waals surface area (Å²) < 4.78 is 0. The van der Waals surface area contributed by atoms with Crippen LogP contribution >= 0.6 is 0 Å². The lowest BCUT2D eigenvalue weighted by Gasteiger charge is -2.20. The number of hydrogen-bond acceptors (Lipinski definition) is 3. The highest BCUT2D eigenvalue weighted by Crippen LogP contribution is 2.25. The van der Waals surface area contributed by atoms with Gasteiger partial charge in [-0.15, -0.1) is 0 Å². The summed E-state index contributed by atoms with van der Waals surface area (Å²) in [6.07, 6.45) is 7.18. The zero-order valence-electron chi connectivity index (χ0n) is 13.6. The lowest BCUT2D eigenvalue weighted by Crippen LogP contribution is -2.36. The van der Waals surface area contributed by atoms with E-state index in [4.69, 9.17) is 5.11 Å². The van der Waals surface area contributed by atoms with Crippen LogP contribution in [0.5, 0.6) is 0 Å². The van der Waals surface area contributed by atoms with Gasteiger partial charge in [-0.2, -0.15) is 0 Å². The van der Waals surface area contributed by atoms with Crippen molar-refractivity contribution in [2.24, 2.45) is 5.92 Å². The summed E-state index contributed by atoms with van der Waals surface area (Å²) in [6, 6.07) is 5.99. The van der Waals surface area contributed by atoms with Gasteiger partial charge in [0, 0.05) is 43.0 Å². The number of aliphatic hydroxyl groups excluding tert-OH is 1. The highest BCUT2D eigenvalue weighted by atomic mass is 16.3. The van der Waals surface area contributed by atoms with Gasteiger partial charge >= 0.3 is 6.03 Å². The second-order valence-corrected chi connectivity index (χ2v) is 6.46. The van der Waals surface area contributed by atoms with E-state index in [1.54, 1.807) is 0 Å². The van der Waals surface area contributed by atoms with E-state index in [0.29, 0.717) is 0 Å². The maximum atomic E-state index is 12.1. The lowest BCUT2D eigenvalue weighted by atomic mass is 10.1. The molecule has 0 aromatic heterocycles. The fraction of sp³-hybridized carbons (Fsp3) is 0.500. The Balaban J connectivity index is 1.57. The van der Waals surface area contributed by atoms with E-state index in [1.165, 1.54) is 18.5 Å². The molecule has 1 aliphatic heterocycles. The molecule has 1 saturated heterocycles. The van der Waals surface area contributed by atoms with Crippen LogP contribution in [-0.4, -0.2) is 36.9 Å². The van der Waals surface area contributed by atoms with Gasteiger partial charge in [-0.25, -0.2) is 4.79 Å². The summed E-state index contributed by atoms with van der Waals surface area (Å²) in [5.74, 6) is 0.154. The zero-order chi connectivity index (χ0) is 16.2. The van der Waals surface area contributed by atoms with Gasteiger partial charge in [0.05, 0.1) is 0 Å². The highest BCUT2D eigenvalue weighted by Gasteiger charge is 2.20. The van der Waals surface area contributed by atoms with Crippen LogP contribution < -0.4 is 15.5 Å². The van der Waals surface area contributed by atoms with E-state index in [-0.39, 0.29) is 24.6 Å². The van der Waals surface area contributed by atoms with E-state index in [2.05, 4.69) is 27.7 Å². The second kappa shape index (κ2) is 7.04. The van der Waals surface area contributed by atoms with E-state index < -0.39 is 0 Å². The topological polar surface area (TPSA) is 64.6 Å². The average Bonchev–Trinajstić information content (AvgIpc) is 3.20. The van der Waals surface area contributed by atoms with Gasteiger partial charge in [0.25, 0.3) is 0 Å². The Hall–Kier alpha value is -2.01. The Morgan fingerprint density at radius 2 is 2.09 bits per heavy atom. The van der Waals surface area contributed by atoms with Crippen LogP contribution in [0.1, 0.15) is 24.8 Å². The molecule has 2 amide bonds. The maximum Gasteiger partial charge on any atom is 0.319 e. The molecule has 1 fully saturated rings. The molecule has 23 heavy (non-hydrogen) atoms. The Kier molecular flexibility index (Phi) is 4.86. The number of anilines is 2. The molecule has 5 nitrogen and oxygen atoms in total. The third-order valence-corrected chi connectivity index (χ3v) is 4.65. The molecule has 1 aliphatic carbocycles. The molecule has 1 aromatic carbocycles. The van der Waals surface area contributed by atoms with Crippen LogP contribution in [0.25, 0.3) is 0 Å². The smallest absolute Gasteiger partial charge is 0.319 e. The van der Waals surface area contributed by atoms with Crippen molar-refractivity contribution < 1.29 is 9.90 Å². The number of aliphatic hydroxyl groups is 1. The number of nitrogens with one attached hydrogen (secondary N) is 2. The molecule has 3 N–H and O–H groups in total. The molecule has 1 heterocycles. The van der Waals surface area contributed by atoms with Crippen LogP contribution in [0, 0.1) is 12.8 Å². The average molecular weight is 315 g/mol. The molecule has 0 bridgehead atoms. The van der Waals surface area contributed by atoms with Gasteiger partial charge in [0.2, 0.25) is 0 Å². The number of hydrogen-bond donors (Lipinski definition) is 3. The first-order chi connectivity index (χ1) is 11.2. The van der Waals surface area contributed by atoms with Crippen molar-refractivity contribution in [2.45, 2.75) is 32.2 Å². The minimum atomic E-state index is -0.199. The Morgan fingerprint density at radius 1 is 1.30 bits per heavy atom. The van der Waals surface area contributed by atoms with Gasteiger partial charge < -0.3 is 20.6 Å². The van der Waals surface area contributed by atoms with E-state index in [9.17, 15) is 4.79 Å². The summed E-state index contributed by atoms with van der Waals surface area (Å²) in [6.45, 7) is 4.39. The molecule has 0 spiro atoms. The molecule has 1 aromatic rings. The molecule has 2 atom stereocenters. The number of carbonyl (C=O) groups is 1. The van der Waals surface area contributed by atoms with Crippen molar-refractivity contribution in [3.8, 4) is 0 Å². The minimum absolute atomic E-state index is 0.00340. The number of carbonyl (C=O) groups excluding carboxylic acids is 1. The van der Waals surface area contributed by atoms with Crippen molar-refractivity contribution in [2.75, 3.05) is 29.9 Å². The van der Waals surface area contributed by atoms with E-state index in [0.717, 1.165) is 30.8 Å². The Labute approximate surface area is 137 Å². The third kappa shape index (κ3) is 3.85. The lowest BCUT2D eigenvalue weighted by molar-refractivity contribution is 0.238. The monoisotopic (exact) mass is 315 g/mol. The van der Waals surface area contributed by atoms with Crippen LogP contribution in [0.4, 0.5) is 16.2 Å². The molecule has 5 heteroatoms. The van der Waals surface area contributed by atoms with Crippen molar-refractivity contribution in [3.05, 3.63) is 35.9 Å². The summed E-state index contributed by atoms with van der Waals surface area (Å²) in [4.78, 5) is 14.5. The number of nitrogens with zero attached hydrogens (tertiary/aromatic N) is 1. The summed E-state index contributed by atoms with van der Waals surface area (Å²) in [5.41, 5.74) is 3.14. The van der Waals surface area contributed by atoms with E-state index in [1.807, 2.05) is 25.1 Å². The largest absolute Gasteiger partial charge is 0.396 e. The Morgan fingerprint density at radius 3 is 2.74 bits per heavy atom. The van der Waals surface area contributed by atoms with Crippen LogP contribution in [0.3, 0.4) is 0 Å². The molecule has 3 rings (SSSR count). The Bertz CT molecular complexity index is 594. The summed E-state index contributed by atoms with van der Waals surface area (Å²) in [5, 5.41) is 15.0. The van der Waals surface area contributed by atoms with Crippen LogP contribution in [0.2, 0.25) is 0 Å². The fourth-order valence-corrected chi connectivity index (χ4v) is 3.30. The number of benzene rings is 1. The minimum Gasteiger partial charge on any atom is -0.396 e. The number of urea groups is 1. The molecule has 0 radical (unpaired) electrons. The first kappa shape index (κ1) is 15.9. The van der Waals surface area contributed by atoms with Gasteiger partial charge in [0.1, 0.15) is 0 Å². The maximum absolute atomic E-state index is 12.1.